The van der Waals surface area contributed by atoms with E-state index in [0.717, 1.165) is 0 Å². The van der Waals surface area contributed by atoms with Crippen molar-refractivity contribution in [2.45, 2.75) is 0 Å². The molecule has 1 aromatic rings. The van der Waals surface area contributed by atoms with Crippen LogP contribution in [0.25, 0.3) is 0 Å². The highest BCUT2D eigenvalue weighted by atomic mass is 32.1. The Morgan fingerprint density at radius 2 is 1.77 bits per heavy atom. The smallest absolute Gasteiger partial charge is 0.328 e. The fraction of sp³-hybridized carbons (Fsp3) is 0. The topological polar surface area (TPSA) is 87.5 Å². The third-order valence-corrected chi connectivity index (χ3v) is 1.24. The van der Waals surface area contributed by atoms with Gasteiger partial charge in [-0.2, -0.15) is 0 Å². The van der Waals surface area contributed by atoms with Crippen LogP contribution in [0.1, 0.15) is 0 Å². The molecule has 0 saturated heterocycles. The van der Waals surface area contributed by atoms with Gasteiger partial charge in [0, 0.05) is 23.7 Å². The number of hydrogen-bond acceptors (Lipinski definition) is 4. The second-order valence-corrected chi connectivity index (χ2v) is 2.44. The number of carboxylic acid groups (broad SMARTS) is 2. The highest BCUT2D eigenvalue weighted by Crippen LogP contribution is 1.85. The van der Waals surface area contributed by atoms with E-state index in [1.54, 1.807) is 23.0 Å². The average Bonchev–Trinajstić information content (AvgIpc) is 2.57. The first-order valence-electron chi connectivity index (χ1n) is 3.09. The predicted octanol–water partition coefficient (Wildman–Crippen LogP) is 0.855. The summed E-state index contributed by atoms with van der Waals surface area (Å²) in [6.45, 7) is 0. The molecule has 0 amide bonds. The molecule has 0 aromatic carbocycles. The molecule has 0 saturated carbocycles. The van der Waals surface area contributed by atoms with Crippen molar-refractivity contribution in [1.82, 2.24) is 4.98 Å². The van der Waals surface area contributed by atoms with Gasteiger partial charge in [-0.3, -0.25) is 4.98 Å². The molecule has 0 atom stereocenters. The monoisotopic (exact) mass is 201 g/mol. The molecule has 1 heterocycles. The summed E-state index contributed by atoms with van der Waals surface area (Å²) in [7, 11) is 0. The summed E-state index contributed by atoms with van der Waals surface area (Å²) in [5.41, 5.74) is 1.79. The van der Waals surface area contributed by atoms with E-state index in [9.17, 15) is 9.59 Å². The third-order valence-electron chi connectivity index (χ3n) is 0.716. The first kappa shape index (κ1) is 11.3. The van der Waals surface area contributed by atoms with Crippen molar-refractivity contribution >= 4 is 23.3 Å². The van der Waals surface area contributed by atoms with Gasteiger partial charge in [0.2, 0.25) is 0 Å². The molecule has 5 nitrogen and oxygen atoms in total. The molecule has 1 aromatic heterocycles. The van der Waals surface area contributed by atoms with Crippen LogP contribution < -0.4 is 0 Å². The van der Waals surface area contributed by atoms with Crippen molar-refractivity contribution in [2.24, 2.45) is 0 Å². The molecule has 0 aliphatic rings. The fourth-order valence-corrected chi connectivity index (χ4v) is 0.670. The van der Waals surface area contributed by atoms with Crippen molar-refractivity contribution in [2.75, 3.05) is 0 Å². The summed E-state index contributed by atoms with van der Waals surface area (Å²) in [5, 5.41) is 17.6. The lowest BCUT2D eigenvalue weighted by molar-refractivity contribution is -0.134. The Labute approximate surface area is 78.0 Å². The van der Waals surface area contributed by atoms with Gasteiger partial charge in [-0.15, -0.1) is 11.3 Å². The van der Waals surface area contributed by atoms with Crippen LogP contribution in [0.15, 0.2) is 29.2 Å². The highest BCUT2D eigenvalue weighted by molar-refractivity contribution is 7.07. The lowest BCUT2D eigenvalue weighted by Gasteiger charge is -1.74. The van der Waals surface area contributed by atoms with E-state index in [-0.39, 0.29) is 0 Å². The van der Waals surface area contributed by atoms with Crippen molar-refractivity contribution in [1.29, 1.82) is 0 Å². The molecule has 0 aliphatic carbocycles. The standard InChI is InChI=1S/C4H4O4.C3H3NS/c5-3(6)1-2-4(7)8;1-2-5-3-4-1/h1-2H,(H,5,6)(H,7,8);1-3H/b2-1-;. The van der Waals surface area contributed by atoms with Gasteiger partial charge >= 0.3 is 11.9 Å². The van der Waals surface area contributed by atoms with Crippen LogP contribution >= 0.6 is 11.3 Å². The summed E-state index contributed by atoms with van der Waals surface area (Å²) < 4.78 is 0. The number of nitrogens with zero attached hydrogens (tertiary/aromatic N) is 1. The Hall–Kier alpha value is -1.69. The van der Waals surface area contributed by atoms with E-state index in [1.165, 1.54) is 0 Å². The molecule has 13 heavy (non-hydrogen) atoms. The van der Waals surface area contributed by atoms with Gasteiger partial charge in [-0.1, -0.05) is 0 Å². The second kappa shape index (κ2) is 6.99. The molecule has 6 heteroatoms. The second-order valence-electron chi connectivity index (χ2n) is 1.69. The van der Waals surface area contributed by atoms with Crippen LogP contribution in [0.3, 0.4) is 0 Å². The van der Waals surface area contributed by atoms with Crippen LogP contribution in [0.4, 0.5) is 0 Å². The maximum Gasteiger partial charge on any atom is 0.328 e. The molecule has 0 bridgehead atoms. The van der Waals surface area contributed by atoms with E-state index >= 15 is 0 Å². The summed E-state index contributed by atoms with van der Waals surface area (Å²) in [6, 6.07) is 0. The van der Waals surface area contributed by atoms with Crippen molar-refractivity contribution in [3.05, 3.63) is 29.2 Å². The summed E-state index contributed by atoms with van der Waals surface area (Å²) in [6.07, 6.45) is 2.88. The molecule has 0 unspecified atom stereocenters. The molecule has 2 N–H and O–H groups in total. The van der Waals surface area contributed by atoms with Gasteiger partial charge in [-0.25, -0.2) is 9.59 Å². The maximum atomic E-state index is 9.55. The van der Waals surface area contributed by atoms with E-state index in [0.29, 0.717) is 12.2 Å². The minimum atomic E-state index is -1.26. The minimum Gasteiger partial charge on any atom is -0.478 e. The van der Waals surface area contributed by atoms with Gasteiger partial charge < -0.3 is 10.2 Å². The number of aromatic nitrogens is 1. The zero-order valence-corrected chi connectivity index (χ0v) is 7.27. The molecular formula is C7H7NO4S. The lowest BCUT2D eigenvalue weighted by Crippen LogP contribution is -1.91. The molecule has 1 rings (SSSR count). The Morgan fingerprint density at radius 1 is 1.23 bits per heavy atom. The van der Waals surface area contributed by atoms with Gasteiger partial charge in [0.1, 0.15) is 0 Å². The zero-order valence-electron chi connectivity index (χ0n) is 6.45. The highest BCUT2D eigenvalue weighted by Gasteiger charge is 1.88. The van der Waals surface area contributed by atoms with Gasteiger partial charge in [0.25, 0.3) is 0 Å². The normalized spacial score (nSPS) is 8.92. The quantitative estimate of drug-likeness (QED) is 0.693. The van der Waals surface area contributed by atoms with Crippen molar-refractivity contribution < 1.29 is 19.8 Å². The van der Waals surface area contributed by atoms with Gasteiger partial charge in [0.15, 0.2) is 0 Å². The average molecular weight is 201 g/mol. The Kier molecular flexibility index (Phi) is 6.08. The van der Waals surface area contributed by atoms with E-state index in [2.05, 4.69) is 4.98 Å². The molecular weight excluding hydrogens is 194 g/mol. The van der Waals surface area contributed by atoms with Crippen LogP contribution in [0, 0.1) is 0 Å². The van der Waals surface area contributed by atoms with E-state index < -0.39 is 11.9 Å². The zero-order chi connectivity index (χ0) is 10.1. The largest absolute Gasteiger partial charge is 0.478 e. The number of hydrogen-bond donors (Lipinski definition) is 2. The van der Waals surface area contributed by atoms with Gasteiger partial charge in [-0.05, 0) is 0 Å². The SMILES string of the molecule is O=C(O)/C=C\C(=O)O.c1cscn1. The number of aliphatic carboxylic acids is 2. The predicted molar refractivity (Wildman–Crippen MR) is 46.5 cm³/mol. The van der Waals surface area contributed by atoms with Crippen LogP contribution in [0.2, 0.25) is 0 Å². The first-order valence-corrected chi connectivity index (χ1v) is 4.03. The number of thiazole rings is 1. The number of carboxylic acids is 2. The van der Waals surface area contributed by atoms with E-state index in [4.69, 9.17) is 10.2 Å². The number of carbonyl (C=O) groups is 2. The first-order chi connectivity index (χ1) is 6.13. The van der Waals surface area contributed by atoms with Crippen molar-refractivity contribution in [3.8, 4) is 0 Å². The summed E-state index contributed by atoms with van der Waals surface area (Å²) >= 11 is 1.60. The van der Waals surface area contributed by atoms with Crippen LogP contribution in [-0.4, -0.2) is 27.1 Å². The molecule has 0 fully saturated rings. The molecule has 0 radical (unpaired) electrons. The van der Waals surface area contributed by atoms with Gasteiger partial charge in [0.05, 0.1) is 5.51 Å². The Balaban J connectivity index is 0.000000243. The minimum absolute atomic E-state index is 0.558. The summed E-state index contributed by atoms with van der Waals surface area (Å²) in [4.78, 5) is 22.8. The van der Waals surface area contributed by atoms with Crippen molar-refractivity contribution in [3.63, 3.8) is 0 Å². The van der Waals surface area contributed by atoms with Crippen LogP contribution in [-0.2, 0) is 9.59 Å². The fourth-order valence-electron chi connectivity index (χ4n) is 0.318. The molecule has 0 spiro atoms. The Bertz CT molecular complexity index is 247. The van der Waals surface area contributed by atoms with Crippen LogP contribution in [0.5, 0.6) is 0 Å². The lowest BCUT2D eigenvalue weighted by atomic mass is 10.5. The molecule has 0 aliphatic heterocycles. The molecule has 70 valence electrons. The maximum absolute atomic E-state index is 9.55. The summed E-state index contributed by atoms with van der Waals surface area (Å²) in [5.74, 6) is -2.51. The Morgan fingerprint density at radius 3 is 1.92 bits per heavy atom. The van der Waals surface area contributed by atoms with E-state index in [1.807, 2.05) is 5.38 Å². The number of rotatable bonds is 2. The third kappa shape index (κ3) is 10.3.